The SMILES string of the molecule is CC(=O)[C@H]1[C@@H]2C(=O)N(c3ccc4ccccc4c3)C(=O)[C@@H]2[C@H]2c3ccccc3C=NN21. The first-order valence-corrected chi connectivity index (χ1v) is 10.3. The number of amides is 2. The van der Waals surface area contributed by atoms with E-state index in [-0.39, 0.29) is 17.6 Å². The Labute approximate surface area is 178 Å². The second-order valence-corrected chi connectivity index (χ2v) is 8.35. The molecule has 0 unspecified atom stereocenters. The second kappa shape index (κ2) is 6.35. The number of carbonyl (C=O) groups is 3. The molecular formula is C25H19N3O3. The summed E-state index contributed by atoms with van der Waals surface area (Å²) in [6.45, 7) is 1.47. The average molecular weight is 409 g/mol. The topological polar surface area (TPSA) is 70.0 Å². The van der Waals surface area contributed by atoms with Crippen molar-refractivity contribution in [1.82, 2.24) is 5.01 Å². The second-order valence-electron chi connectivity index (χ2n) is 8.35. The molecule has 152 valence electrons. The maximum absolute atomic E-state index is 13.7. The van der Waals surface area contributed by atoms with Crippen molar-refractivity contribution in [1.29, 1.82) is 0 Å². The van der Waals surface area contributed by atoms with Crippen molar-refractivity contribution < 1.29 is 14.4 Å². The van der Waals surface area contributed by atoms with Crippen LogP contribution >= 0.6 is 0 Å². The van der Waals surface area contributed by atoms with Crippen LogP contribution < -0.4 is 4.90 Å². The fourth-order valence-electron chi connectivity index (χ4n) is 5.39. The highest BCUT2D eigenvalue weighted by atomic mass is 16.2. The van der Waals surface area contributed by atoms with Gasteiger partial charge in [-0.3, -0.25) is 19.4 Å². The lowest BCUT2D eigenvalue weighted by molar-refractivity contribution is -0.129. The number of benzene rings is 3. The van der Waals surface area contributed by atoms with Crippen molar-refractivity contribution in [3.63, 3.8) is 0 Å². The van der Waals surface area contributed by atoms with Gasteiger partial charge < -0.3 is 0 Å². The highest BCUT2D eigenvalue weighted by Crippen LogP contribution is 2.52. The zero-order valence-electron chi connectivity index (χ0n) is 16.8. The first-order chi connectivity index (χ1) is 15.1. The monoisotopic (exact) mass is 409 g/mol. The third kappa shape index (κ3) is 2.39. The molecule has 4 atom stereocenters. The van der Waals surface area contributed by atoms with Crippen molar-refractivity contribution in [3.8, 4) is 0 Å². The van der Waals surface area contributed by atoms with E-state index in [1.807, 2.05) is 60.7 Å². The summed E-state index contributed by atoms with van der Waals surface area (Å²) < 4.78 is 0. The van der Waals surface area contributed by atoms with Crippen molar-refractivity contribution in [2.45, 2.75) is 19.0 Å². The summed E-state index contributed by atoms with van der Waals surface area (Å²) >= 11 is 0. The number of Topliss-reactive ketones (excluding diaryl/α,β-unsaturated/α-hetero) is 1. The number of ketones is 1. The van der Waals surface area contributed by atoms with Crippen LogP contribution in [0.1, 0.15) is 24.1 Å². The number of rotatable bonds is 2. The molecule has 6 rings (SSSR count). The molecule has 31 heavy (non-hydrogen) atoms. The highest BCUT2D eigenvalue weighted by Gasteiger charge is 2.64. The Bertz CT molecular complexity index is 1310. The molecule has 0 bridgehead atoms. The van der Waals surface area contributed by atoms with E-state index >= 15 is 0 Å². The van der Waals surface area contributed by atoms with Gasteiger partial charge >= 0.3 is 0 Å². The van der Waals surface area contributed by atoms with Crippen molar-refractivity contribution in [2.24, 2.45) is 16.9 Å². The Balaban J connectivity index is 1.49. The fourth-order valence-corrected chi connectivity index (χ4v) is 5.39. The minimum atomic E-state index is -0.749. The van der Waals surface area contributed by atoms with Gasteiger partial charge in [0.2, 0.25) is 11.8 Å². The average Bonchev–Trinajstić information content (AvgIpc) is 3.26. The highest BCUT2D eigenvalue weighted by molar-refractivity contribution is 6.24. The smallest absolute Gasteiger partial charge is 0.240 e. The Hall–Kier alpha value is -3.80. The summed E-state index contributed by atoms with van der Waals surface area (Å²) in [6.07, 6.45) is 1.71. The van der Waals surface area contributed by atoms with E-state index in [0.717, 1.165) is 21.9 Å². The zero-order chi connectivity index (χ0) is 21.3. The van der Waals surface area contributed by atoms with Gasteiger partial charge in [0.1, 0.15) is 6.04 Å². The standard InChI is InChI=1S/C25H19N3O3/c1-14(29)22-20-21(23-19-9-5-4-8-17(19)13-26-28(22)23)25(31)27(24(20)30)18-11-10-15-6-2-3-7-16(15)12-18/h2-13,20-23H,1H3/t20-,21+,22+,23-/m1/s1. The predicted octanol–water partition coefficient (Wildman–Crippen LogP) is 3.31. The Kier molecular flexibility index (Phi) is 3.69. The number of fused-ring (bicyclic) bond motifs is 6. The molecule has 0 saturated carbocycles. The summed E-state index contributed by atoms with van der Waals surface area (Å²) in [7, 11) is 0. The first kappa shape index (κ1) is 18.0. The number of carbonyl (C=O) groups excluding carboxylic acids is 3. The van der Waals surface area contributed by atoms with Crippen LogP contribution in [0.2, 0.25) is 0 Å². The van der Waals surface area contributed by atoms with E-state index in [0.29, 0.717) is 5.69 Å². The van der Waals surface area contributed by atoms with Crippen LogP contribution in [0.3, 0.4) is 0 Å². The van der Waals surface area contributed by atoms with Gasteiger partial charge in [-0.05, 0) is 41.0 Å². The minimum Gasteiger partial charge on any atom is -0.298 e. The third-order valence-corrected chi connectivity index (χ3v) is 6.70. The van der Waals surface area contributed by atoms with Crippen LogP contribution in [0, 0.1) is 11.8 Å². The minimum absolute atomic E-state index is 0.157. The quantitative estimate of drug-likeness (QED) is 0.609. The molecule has 3 aromatic rings. The molecule has 6 nitrogen and oxygen atoms in total. The number of hydrogen-bond acceptors (Lipinski definition) is 5. The van der Waals surface area contributed by atoms with Crippen molar-refractivity contribution in [2.75, 3.05) is 4.90 Å². The summed E-state index contributed by atoms with van der Waals surface area (Å²) in [5, 5.41) is 8.15. The van der Waals surface area contributed by atoms with Crippen LogP contribution in [-0.2, 0) is 14.4 Å². The van der Waals surface area contributed by atoms with Crippen LogP contribution in [0.4, 0.5) is 5.69 Å². The molecule has 3 aliphatic heterocycles. The molecular weight excluding hydrogens is 390 g/mol. The molecule has 0 N–H and O–H groups in total. The lowest BCUT2D eigenvalue weighted by atomic mass is 9.84. The van der Waals surface area contributed by atoms with E-state index in [4.69, 9.17) is 0 Å². The molecule has 3 aliphatic rings. The molecule has 2 saturated heterocycles. The van der Waals surface area contributed by atoms with E-state index in [1.165, 1.54) is 11.8 Å². The molecule has 0 radical (unpaired) electrons. The molecule has 0 spiro atoms. The van der Waals surface area contributed by atoms with Gasteiger partial charge in [0.25, 0.3) is 0 Å². The van der Waals surface area contributed by atoms with Crippen molar-refractivity contribution in [3.05, 3.63) is 77.9 Å². The summed E-state index contributed by atoms with van der Waals surface area (Å²) in [5.74, 6) is -2.14. The van der Waals surface area contributed by atoms with E-state index < -0.39 is 23.9 Å². The van der Waals surface area contributed by atoms with Crippen LogP contribution in [0.5, 0.6) is 0 Å². The van der Waals surface area contributed by atoms with Crippen LogP contribution in [-0.4, -0.2) is 34.9 Å². The van der Waals surface area contributed by atoms with Gasteiger partial charge in [-0.2, -0.15) is 5.10 Å². The lowest BCUT2D eigenvalue weighted by Gasteiger charge is -2.33. The number of nitrogens with zero attached hydrogens (tertiary/aromatic N) is 3. The molecule has 3 heterocycles. The Morgan fingerprint density at radius 2 is 1.58 bits per heavy atom. The largest absolute Gasteiger partial charge is 0.298 e. The van der Waals surface area contributed by atoms with Crippen LogP contribution in [0.25, 0.3) is 10.8 Å². The fraction of sp³-hybridized carbons (Fsp3) is 0.200. The maximum atomic E-state index is 13.7. The molecule has 2 fully saturated rings. The molecule has 3 aromatic carbocycles. The first-order valence-electron chi connectivity index (χ1n) is 10.3. The number of hydrazone groups is 1. The van der Waals surface area contributed by atoms with Crippen LogP contribution in [0.15, 0.2) is 71.8 Å². The number of imide groups is 1. The van der Waals surface area contributed by atoms with Gasteiger partial charge in [-0.1, -0.05) is 54.6 Å². The zero-order valence-corrected chi connectivity index (χ0v) is 16.8. The normalized spacial score (nSPS) is 26.2. The van der Waals surface area contributed by atoms with Gasteiger partial charge in [0.15, 0.2) is 5.78 Å². The number of hydrogen-bond donors (Lipinski definition) is 0. The molecule has 0 aliphatic carbocycles. The lowest BCUT2D eigenvalue weighted by Crippen LogP contribution is -2.43. The Morgan fingerprint density at radius 1 is 0.871 bits per heavy atom. The summed E-state index contributed by atoms with van der Waals surface area (Å²) in [5.41, 5.74) is 2.39. The Morgan fingerprint density at radius 3 is 2.39 bits per heavy atom. The van der Waals surface area contributed by atoms with Crippen molar-refractivity contribution >= 4 is 40.3 Å². The number of anilines is 1. The predicted molar refractivity (Wildman–Crippen MR) is 117 cm³/mol. The summed E-state index contributed by atoms with van der Waals surface area (Å²) in [6, 6.07) is 19.9. The van der Waals surface area contributed by atoms with Gasteiger partial charge in [-0.15, -0.1) is 0 Å². The van der Waals surface area contributed by atoms with Gasteiger partial charge in [0, 0.05) is 0 Å². The third-order valence-electron chi connectivity index (χ3n) is 6.70. The van der Waals surface area contributed by atoms with Gasteiger partial charge in [0.05, 0.1) is 29.8 Å². The maximum Gasteiger partial charge on any atom is 0.240 e. The summed E-state index contributed by atoms with van der Waals surface area (Å²) in [4.78, 5) is 41.2. The molecule has 2 amide bonds. The molecule has 0 aromatic heterocycles. The van der Waals surface area contributed by atoms with E-state index in [1.54, 1.807) is 17.3 Å². The van der Waals surface area contributed by atoms with E-state index in [9.17, 15) is 14.4 Å². The van der Waals surface area contributed by atoms with Gasteiger partial charge in [-0.25, -0.2) is 4.90 Å². The molecule has 6 heteroatoms. The van der Waals surface area contributed by atoms with E-state index in [2.05, 4.69) is 5.10 Å².